The molecule has 3 aliphatic rings. The van der Waals surface area contributed by atoms with Crippen LogP contribution in [0.2, 0.25) is 0 Å². The van der Waals surface area contributed by atoms with Crippen molar-refractivity contribution >= 4 is 13.8 Å². The quantitative estimate of drug-likeness (QED) is 0.121. The average molecular weight is 619 g/mol. The van der Waals surface area contributed by atoms with E-state index in [0.717, 1.165) is 74.7 Å². The Morgan fingerprint density at radius 3 is 2.48 bits per heavy atom. The number of rotatable bonds is 11. The van der Waals surface area contributed by atoms with Crippen LogP contribution in [0.25, 0.3) is 0 Å². The molecule has 2 aliphatic carbocycles. The zero-order valence-corrected chi connectivity index (χ0v) is 26.4. The summed E-state index contributed by atoms with van der Waals surface area (Å²) >= 11 is 0. The van der Waals surface area contributed by atoms with Crippen LogP contribution in [0.4, 0.5) is 0 Å². The van der Waals surface area contributed by atoms with Gasteiger partial charge in [-0.1, -0.05) is 86.8 Å². The number of fused-ring (bicyclic) bond motifs is 4. The van der Waals surface area contributed by atoms with Crippen molar-refractivity contribution in [2.24, 2.45) is 17.8 Å². The number of carbonyl (C=O) groups is 1. The lowest BCUT2D eigenvalue weighted by molar-refractivity contribution is -0.147. The highest BCUT2D eigenvalue weighted by Crippen LogP contribution is 2.59. The van der Waals surface area contributed by atoms with Gasteiger partial charge in [-0.3, -0.25) is 9.05 Å². The van der Waals surface area contributed by atoms with Crippen LogP contribution in [-0.4, -0.2) is 24.8 Å². The van der Waals surface area contributed by atoms with Crippen LogP contribution in [0.3, 0.4) is 0 Å². The van der Waals surface area contributed by atoms with Gasteiger partial charge in [-0.15, -0.1) is 0 Å². The second-order valence-electron chi connectivity index (χ2n) is 12.4. The molecule has 6 atom stereocenters. The summed E-state index contributed by atoms with van der Waals surface area (Å²) in [4.78, 5) is 12.5. The fourth-order valence-corrected chi connectivity index (χ4v) is 8.89. The van der Waals surface area contributed by atoms with Crippen LogP contribution in [0, 0.1) is 17.8 Å². The smallest absolute Gasteiger partial charge is 0.482 e. The fourth-order valence-electron chi connectivity index (χ4n) is 7.23. The monoisotopic (exact) mass is 618 g/mol. The molecule has 234 valence electrons. The summed E-state index contributed by atoms with van der Waals surface area (Å²) in [6, 6.07) is 24.9. The number of unbranched alkanes of at least 4 members (excludes halogenated alkanes) is 2. The zero-order valence-electron chi connectivity index (χ0n) is 25.5. The number of para-hydroxylation sites is 1. The van der Waals surface area contributed by atoms with E-state index in [9.17, 15) is 9.36 Å². The number of hydrogen-bond donors (Lipinski definition) is 0. The van der Waals surface area contributed by atoms with E-state index < -0.39 is 13.8 Å². The summed E-state index contributed by atoms with van der Waals surface area (Å²) in [5, 5.41) is 0. The van der Waals surface area contributed by atoms with Gasteiger partial charge in [0.05, 0.1) is 12.2 Å². The number of ether oxygens (including phenoxy) is 2. The van der Waals surface area contributed by atoms with Crippen molar-refractivity contribution in [2.45, 2.75) is 83.5 Å². The van der Waals surface area contributed by atoms with Crippen molar-refractivity contribution in [3.05, 3.63) is 95.6 Å². The summed E-state index contributed by atoms with van der Waals surface area (Å²) in [6.45, 7) is 2.27. The van der Waals surface area contributed by atoms with Crippen LogP contribution in [0.15, 0.2) is 78.9 Å². The SMILES string of the molecule is CCCCCC1CC[C@@H]2[C@H]3Cc4cccc(OCC(=O)OCc5ccccc5)c4C[C@H]3C[C@H]2OP(=O)(Oc2ccccc2)O1. The van der Waals surface area contributed by atoms with E-state index in [0.29, 0.717) is 17.6 Å². The van der Waals surface area contributed by atoms with Crippen LogP contribution >= 0.6 is 7.82 Å². The van der Waals surface area contributed by atoms with E-state index in [1.165, 1.54) is 5.56 Å². The highest BCUT2D eigenvalue weighted by molar-refractivity contribution is 7.49. The van der Waals surface area contributed by atoms with Crippen molar-refractivity contribution in [3.63, 3.8) is 0 Å². The fraction of sp³-hybridized carbons (Fsp3) is 0.472. The van der Waals surface area contributed by atoms with Gasteiger partial charge in [0.25, 0.3) is 0 Å². The molecule has 6 rings (SSSR count). The van der Waals surface area contributed by atoms with Gasteiger partial charge < -0.3 is 14.0 Å². The second-order valence-corrected chi connectivity index (χ2v) is 13.9. The number of phosphoric acid groups is 1. The number of benzene rings is 3. The summed E-state index contributed by atoms with van der Waals surface area (Å²) in [5.74, 6) is 1.88. The predicted octanol–water partition coefficient (Wildman–Crippen LogP) is 8.49. The van der Waals surface area contributed by atoms with Gasteiger partial charge in [-0.2, -0.15) is 0 Å². The molecule has 0 aromatic heterocycles. The van der Waals surface area contributed by atoms with Crippen molar-refractivity contribution in [2.75, 3.05) is 6.61 Å². The minimum absolute atomic E-state index is 0.136. The van der Waals surface area contributed by atoms with Crippen molar-refractivity contribution in [1.29, 1.82) is 0 Å². The number of phosphoric ester groups is 1. The molecule has 3 aromatic rings. The van der Waals surface area contributed by atoms with E-state index in [4.69, 9.17) is 23.0 Å². The Hall–Kier alpha value is -3.12. The molecule has 0 spiro atoms. The third-order valence-electron chi connectivity index (χ3n) is 9.36. The van der Waals surface area contributed by atoms with Gasteiger partial charge >= 0.3 is 13.8 Å². The highest BCUT2D eigenvalue weighted by Gasteiger charge is 2.51. The standard InChI is InChI=1S/C36H43O7P/c1-2-3-6-15-30-19-20-31-32-21-27-14-11-18-34(39-25-36(37)40-24-26-12-7-4-8-13-26)33(27)22-28(32)23-35(31)43-44(38,42-30)41-29-16-9-5-10-17-29/h4-5,7-14,16-18,28,30-32,35H,2-3,6,15,19-25H2,1H3/t28-,30?,31+,32-,35+,44?/m0/s1. The van der Waals surface area contributed by atoms with Crippen LogP contribution in [0.5, 0.6) is 11.5 Å². The molecule has 44 heavy (non-hydrogen) atoms. The maximum atomic E-state index is 14.2. The third-order valence-corrected chi connectivity index (χ3v) is 10.9. The normalized spacial score (nSPS) is 27.6. The largest absolute Gasteiger partial charge is 0.530 e. The van der Waals surface area contributed by atoms with Gasteiger partial charge in [0, 0.05) is 0 Å². The van der Waals surface area contributed by atoms with Crippen molar-refractivity contribution in [1.82, 2.24) is 0 Å². The first-order chi connectivity index (χ1) is 21.5. The molecule has 1 aliphatic heterocycles. The molecule has 2 fully saturated rings. The molecule has 0 N–H and O–H groups in total. The molecule has 0 amide bonds. The lowest BCUT2D eigenvalue weighted by atomic mass is 9.73. The Morgan fingerprint density at radius 1 is 0.886 bits per heavy atom. The molecule has 2 unspecified atom stereocenters. The second kappa shape index (κ2) is 14.3. The van der Waals surface area contributed by atoms with E-state index >= 15 is 0 Å². The minimum Gasteiger partial charge on any atom is -0.482 e. The first kappa shape index (κ1) is 30.9. The molecule has 1 saturated carbocycles. The van der Waals surface area contributed by atoms with Gasteiger partial charge in [0.2, 0.25) is 0 Å². The molecule has 1 heterocycles. The lowest BCUT2D eigenvalue weighted by Crippen LogP contribution is -2.31. The first-order valence-corrected chi connectivity index (χ1v) is 17.6. The summed E-state index contributed by atoms with van der Waals surface area (Å²) in [5.41, 5.74) is 3.34. The van der Waals surface area contributed by atoms with Gasteiger partial charge in [-0.25, -0.2) is 9.36 Å². The van der Waals surface area contributed by atoms with Crippen LogP contribution < -0.4 is 9.26 Å². The third kappa shape index (κ3) is 7.56. The van der Waals surface area contributed by atoms with Gasteiger partial charge in [0.15, 0.2) is 6.61 Å². The summed E-state index contributed by atoms with van der Waals surface area (Å²) in [6.07, 6.45) is 8.10. The highest BCUT2D eigenvalue weighted by atomic mass is 31.2. The number of carbonyl (C=O) groups excluding carboxylic acids is 1. The van der Waals surface area contributed by atoms with E-state index in [1.54, 1.807) is 12.1 Å². The lowest BCUT2D eigenvalue weighted by Gasteiger charge is -2.35. The first-order valence-electron chi connectivity index (χ1n) is 16.1. The molecule has 3 aromatic carbocycles. The van der Waals surface area contributed by atoms with Crippen molar-refractivity contribution < 1.29 is 32.4 Å². The summed E-state index contributed by atoms with van der Waals surface area (Å²) < 4.78 is 44.3. The number of hydrogen-bond acceptors (Lipinski definition) is 7. The Balaban J connectivity index is 1.14. The zero-order chi connectivity index (χ0) is 30.4. The van der Waals surface area contributed by atoms with Gasteiger partial charge in [0.1, 0.15) is 18.1 Å². The topological polar surface area (TPSA) is 80.3 Å². The van der Waals surface area contributed by atoms with Crippen molar-refractivity contribution in [3.8, 4) is 11.5 Å². The van der Waals surface area contributed by atoms with E-state index in [1.807, 2.05) is 60.7 Å². The van der Waals surface area contributed by atoms with E-state index in [-0.39, 0.29) is 31.3 Å². The van der Waals surface area contributed by atoms with E-state index in [2.05, 4.69) is 13.0 Å². The predicted molar refractivity (Wildman–Crippen MR) is 168 cm³/mol. The average Bonchev–Trinajstić information content (AvgIpc) is 3.35. The maximum Gasteiger partial charge on any atom is 0.530 e. The maximum absolute atomic E-state index is 14.2. The Morgan fingerprint density at radius 2 is 1.68 bits per heavy atom. The molecule has 0 bridgehead atoms. The molecular weight excluding hydrogens is 575 g/mol. The molecule has 0 radical (unpaired) electrons. The molecule has 1 saturated heterocycles. The minimum atomic E-state index is -3.84. The Kier molecular flexibility index (Phi) is 10.1. The Labute approximate surface area is 260 Å². The molecule has 7 nitrogen and oxygen atoms in total. The Bertz CT molecular complexity index is 1430. The summed E-state index contributed by atoms with van der Waals surface area (Å²) in [7, 11) is -3.84. The number of esters is 1. The molecule has 8 heteroatoms. The molecular formula is C36H43O7P. The van der Waals surface area contributed by atoms with Crippen LogP contribution in [-0.2, 0) is 42.6 Å². The van der Waals surface area contributed by atoms with Crippen LogP contribution in [0.1, 0.15) is 68.6 Å². The van der Waals surface area contributed by atoms with Gasteiger partial charge in [-0.05, 0) is 91.2 Å².